The summed E-state index contributed by atoms with van der Waals surface area (Å²) in [7, 11) is 1.51. The predicted octanol–water partition coefficient (Wildman–Crippen LogP) is 1.47. The maximum Gasteiger partial charge on any atom is 0.319 e. The third kappa shape index (κ3) is 2.98. The molecular formula is C13H17N3O4. The van der Waals surface area contributed by atoms with E-state index in [2.05, 4.69) is 15.6 Å². The van der Waals surface area contributed by atoms with Crippen LogP contribution in [-0.4, -0.2) is 35.7 Å². The molecule has 7 nitrogen and oxygen atoms in total. The first-order chi connectivity index (χ1) is 9.55. The van der Waals surface area contributed by atoms with E-state index in [1.807, 2.05) is 0 Å². The van der Waals surface area contributed by atoms with Crippen LogP contribution >= 0.6 is 0 Å². The first kappa shape index (κ1) is 14.1. The number of rotatable bonds is 5. The minimum absolute atomic E-state index is 0.137. The third-order valence-corrected chi connectivity index (χ3v) is 3.56. The average molecular weight is 279 g/mol. The Hall–Kier alpha value is -2.31. The van der Waals surface area contributed by atoms with Crippen molar-refractivity contribution >= 4 is 17.7 Å². The molecule has 1 saturated carbocycles. The standard InChI is InChI=1S/C13H17N3O4/c1-20-10-4-3-9(7-14-10)16-12(19)15-8-13(11(17)18)5-2-6-13/h3-4,7H,2,5-6,8H2,1H3,(H,17,18)(H2,15,16,19). The first-order valence-electron chi connectivity index (χ1n) is 6.34. The Labute approximate surface area is 116 Å². The Bertz CT molecular complexity index is 497. The van der Waals surface area contributed by atoms with Crippen molar-refractivity contribution in [1.82, 2.24) is 10.3 Å². The average Bonchev–Trinajstić information content (AvgIpc) is 2.38. The summed E-state index contributed by atoms with van der Waals surface area (Å²) in [5, 5.41) is 14.3. The van der Waals surface area contributed by atoms with E-state index in [1.54, 1.807) is 12.1 Å². The van der Waals surface area contributed by atoms with E-state index >= 15 is 0 Å². The highest BCUT2D eigenvalue weighted by atomic mass is 16.5. The molecule has 2 amide bonds. The number of ether oxygens (including phenoxy) is 1. The lowest BCUT2D eigenvalue weighted by Gasteiger charge is -2.37. The van der Waals surface area contributed by atoms with Gasteiger partial charge in [-0.05, 0) is 18.9 Å². The minimum Gasteiger partial charge on any atom is -0.481 e. The lowest BCUT2D eigenvalue weighted by Crippen LogP contribution is -2.48. The van der Waals surface area contributed by atoms with E-state index in [1.165, 1.54) is 13.3 Å². The van der Waals surface area contributed by atoms with Gasteiger partial charge in [0.1, 0.15) is 0 Å². The topological polar surface area (TPSA) is 101 Å². The van der Waals surface area contributed by atoms with Crippen molar-refractivity contribution in [2.24, 2.45) is 5.41 Å². The molecule has 0 saturated heterocycles. The van der Waals surface area contributed by atoms with Gasteiger partial charge in [0.15, 0.2) is 0 Å². The van der Waals surface area contributed by atoms with Crippen LogP contribution in [0.4, 0.5) is 10.5 Å². The zero-order valence-corrected chi connectivity index (χ0v) is 11.2. The van der Waals surface area contributed by atoms with E-state index in [9.17, 15) is 9.59 Å². The van der Waals surface area contributed by atoms with Crippen LogP contribution in [0, 0.1) is 5.41 Å². The monoisotopic (exact) mass is 279 g/mol. The molecule has 1 heterocycles. The molecule has 0 radical (unpaired) electrons. The SMILES string of the molecule is COc1ccc(NC(=O)NCC2(C(=O)O)CCC2)cn1. The molecule has 7 heteroatoms. The number of urea groups is 1. The summed E-state index contributed by atoms with van der Waals surface area (Å²) in [4.78, 5) is 26.8. The molecule has 1 aliphatic carbocycles. The van der Waals surface area contributed by atoms with Crippen LogP contribution in [0.1, 0.15) is 19.3 Å². The van der Waals surface area contributed by atoms with E-state index in [0.717, 1.165) is 6.42 Å². The summed E-state index contributed by atoms with van der Waals surface area (Å²) >= 11 is 0. The maximum atomic E-state index is 11.7. The molecule has 1 aliphatic rings. The fourth-order valence-corrected chi connectivity index (χ4v) is 2.07. The molecule has 0 bridgehead atoms. The second-order valence-corrected chi connectivity index (χ2v) is 4.84. The lowest BCUT2D eigenvalue weighted by molar-refractivity contribution is -0.153. The fourth-order valence-electron chi connectivity index (χ4n) is 2.07. The molecule has 2 rings (SSSR count). The molecular weight excluding hydrogens is 262 g/mol. The van der Waals surface area contributed by atoms with E-state index in [-0.39, 0.29) is 6.54 Å². The molecule has 1 aromatic heterocycles. The number of pyridine rings is 1. The van der Waals surface area contributed by atoms with Gasteiger partial charge < -0.3 is 20.5 Å². The lowest BCUT2D eigenvalue weighted by atomic mass is 9.69. The maximum absolute atomic E-state index is 11.7. The van der Waals surface area contributed by atoms with Crippen LogP contribution in [0.25, 0.3) is 0 Å². The normalized spacial score (nSPS) is 15.8. The molecule has 1 aromatic rings. The van der Waals surface area contributed by atoms with Crippen LogP contribution in [0.15, 0.2) is 18.3 Å². The van der Waals surface area contributed by atoms with Crippen LogP contribution in [0.3, 0.4) is 0 Å². The Morgan fingerprint density at radius 1 is 1.45 bits per heavy atom. The van der Waals surface area contributed by atoms with Gasteiger partial charge in [-0.2, -0.15) is 0 Å². The molecule has 20 heavy (non-hydrogen) atoms. The number of hydrogen-bond acceptors (Lipinski definition) is 4. The quantitative estimate of drug-likeness (QED) is 0.757. The van der Waals surface area contributed by atoms with Crippen LogP contribution < -0.4 is 15.4 Å². The highest BCUT2D eigenvalue weighted by molar-refractivity contribution is 5.89. The smallest absolute Gasteiger partial charge is 0.319 e. The number of carbonyl (C=O) groups is 2. The Balaban J connectivity index is 1.84. The number of carboxylic acid groups (broad SMARTS) is 1. The number of methoxy groups -OCH3 is 1. The zero-order chi connectivity index (χ0) is 14.6. The van der Waals surface area contributed by atoms with E-state index < -0.39 is 17.4 Å². The molecule has 0 aliphatic heterocycles. The summed E-state index contributed by atoms with van der Waals surface area (Å²) in [6.45, 7) is 0.137. The predicted molar refractivity (Wildman–Crippen MR) is 71.7 cm³/mol. The van der Waals surface area contributed by atoms with Gasteiger partial charge >= 0.3 is 12.0 Å². The van der Waals surface area contributed by atoms with Gasteiger partial charge in [0.25, 0.3) is 0 Å². The Kier molecular flexibility index (Phi) is 4.07. The number of hydrogen-bond donors (Lipinski definition) is 3. The number of aliphatic carboxylic acids is 1. The fraction of sp³-hybridized carbons (Fsp3) is 0.462. The van der Waals surface area contributed by atoms with Crippen molar-refractivity contribution in [2.75, 3.05) is 19.0 Å². The van der Waals surface area contributed by atoms with Gasteiger partial charge in [0.05, 0.1) is 24.4 Å². The van der Waals surface area contributed by atoms with Crippen LogP contribution in [0.5, 0.6) is 5.88 Å². The van der Waals surface area contributed by atoms with Gasteiger partial charge in [0.2, 0.25) is 5.88 Å². The number of aromatic nitrogens is 1. The molecule has 3 N–H and O–H groups in total. The summed E-state index contributed by atoms with van der Waals surface area (Å²) in [6, 6.07) is 2.84. The number of amides is 2. The van der Waals surface area contributed by atoms with Crippen molar-refractivity contribution in [3.05, 3.63) is 18.3 Å². The number of anilines is 1. The Morgan fingerprint density at radius 2 is 2.20 bits per heavy atom. The van der Waals surface area contributed by atoms with Crippen molar-refractivity contribution in [1.29, 1.82) is 0 Å². The van der Waals surface area contributed by atoms with E-state index in [4.69, 9.17) is 9.84 Å². The van der Waals surface area contributed by atoms with Gasteiger partial charge in [-0.25, -0.2) is 9.78 Å². The van der Waals surface area contributed by atoms with Crippen LogP contribution in [-0.2, 0) is 4.79 Å². The highest BCUT2D eigenvalue weighted by Crippen LogP contribution is 2.40. The number of carboxylic acids is 1. The largest absolute Gasteiger partial charge is 0.481 e. The van der Waals surface area contributed by atoms with Gasteiger partial charge in [-0.3, -0.25) is 4.79 Å². The van der Waals surface area contributed by atoms with Crippen molar-refractivity contribution < 1.29 is 19.4 Å². The van der Waals surface area contributed by atoms with Crippen molar-refractivity contribution in [3.63, 3.8) is 0 Å². The minimum atomic E-state index is -0.852. The van der Waals surface area contributed by atoms with Gasteiger partial charge in [0, 0.05) is 12.6 Å². The summed E-state index contributed by atoms with van der Waals surface area (Å²) < 4.78 is 4.91. The zero-order valence-electron chi connectivity index (χ0n) is 11.2. The molecule has 0 atom stereocenters. The van der Waals surface area contributed by atoms with Gasteiger partial charge in [-0.15, -0.1) is 0 Å². The number of carbonyl (C=O) groups excluding carboxylic acids is 1. The second kappa shape index (κ2) is 5.77. The summed E-state index contributed by atoms with van der Waals surface area (Å²) in [5.74, 6) is -0.398. The molecule has 108 valence electrons. The van der Waals surface area contributed by atoms with Crippen LogP contribution in [0.2, 0.25) is 0 Å². The third-order valence-electron chi connectivity index (χ3n) is 3.56. The summed E-state index contributed by atoms with van der Waals surface area (Å²) in [6.07, 6.45) is 3.56. The molecule has 0 spiro atoms. The summed E-state index contributed by atoms with van der Waals surface area (Å²) in [5.41, 5.74) is -0.281. The second-order valence-electron chi connectivity index (χ2n) is 4.84. The molecule has 0 aromatic carbocycles. The van der Waals surface area contributed by atoms with Crippen molar-refractivity contribution in [3.8, 4) is 5.88 Å². The highest BCUT2D eigenvalue weighted by Gasteiger charge is 2.44. The van der Waals surface area contributed by atoms with Gasteiger partial charge in [-0.1, -0.05) is 6.42 Å². The molecule has 1 fully saturated rings. The van der Waals surface area contributed by atoms with E-state index in [0.29, 0.717) is 24.4 Å². The Morgan fingerprint density at radius 3 is 2.65 bits per heavy atom. The van der Waals surface area contributed by atoms with Crippen molar-refractivity contribution in [2.45, 2.75) is 19.3 Å². The number of nitrogens with one attached hydrogen (secondary N) is 2. The first-order valence-corrected chi connectivity index (χ1v) is 6.34. The molecule has 0 unspecified atom stereocenters. The number of nitrogens with zero attached hydrogens (tertiary/aromatic N) is 1.